The van der Waals surface area contributed by atoms with Crippen LogP contribution in [0.2, 0.25) is 0 Å². The molecule has 1 aliphatic rings. The average molecular weight is 270 g/mol. The van der Waals surface area contributed by atoms with Crippen LogP contribution in [0.3, 0.4) is 0 Å². The van der Waals surface area contributed by atoms with Crippen LogP contribution >= 0.6 is 11.3 Å². The van der Waals surface area contributed by atoms with Gasteiger partial charge in [0.15, 0.2) is 5.13 Å². The van der Waals surface area contributed by atoms with E-state index in [0.717, 1.165) is 17.7 Å². The van der Waals surface area contributed by atoms with Crippen LogP contribution in [-0.4, -0.2) is 35.7 Å². The van der Waals surface area contributed by atoms with E-state index in [2.05, 4.69) is 15.0 Å². The van der Waals surface area contributed by atoms with E-state index in [-0.39, 0.29) is 12.5 Å². The van der Waals surface area contributed by atoms with Crippen molar-refractivity contribution in [3.05, 3.63) is 10.6 Å². The second-order valence-electron chi connectivity index (χ2n) is 4.04. The van der Waals surface area contributed by atoms with Crippen molar-refractivity contribution >= 4 is 28.4 Å². The van der Waals surface area contributed by atoms with Gasteiger partial charge >= 0.3 is 11.9 Å². The third-order valence-electron chi connectivity index (χ3n) is 2.86. The minimum Gasteiger partial charge on any atom is -0.481 e. The predicted octanol–water partition coefficient (Wildman–Crippen LogP) is 1.23. The molecule has 2 N–H and O–H groups in total. The zero-order valence-electron chi connectivity index (χ0n) is 9.93. The lowest BCUT2D eigenvalue weighted by Crippen LogP contribution is -2.17. The third-order valence-corrected chi connectivity index (χ3v) is 3.95. The summed E-state index contributed by atoms with van der Waals surface area (Å²) in [7, 11) is 1.32. The van der Waals surface area contributed by atoms with E-state index >= 15 is 0 Å². The van der Waals surface area contributed by atoms with Crippen molar-refractivity contribution in [3.8, 4) is 0 Å². The number of esters is 1. The molecule has 1 aromatic rings. The van der Waals surface area contributed by atoms with Gasteiger partial charge in [-0.15, -0.1) is 11.3 Å². The Labute approximate surface area is 108 Å². The van der Waals surface area contributed by atoms with E-state index in [1.165, 1.54) is 18.4 Å². The number of ether oxygens (including phenoxy) is 1. The molecule has 0 fully saturated rings. The van der Waals surface area contributed by atoms with Gasteiger partial charge in [0.05, 0.1) is 12.8 Å². The first kappa shape index (κ1) is 12.8. The maximum atomic E-state index is 11.1. The lowest BCUT2D eigenvalue weighted by Gasteiger charge is -2.16. The van der Waals surface area contributed by atoms with Crippen LogP contribution in [0.5, 0.6) is 0 Å². The lowest BCUT2D eigenvalue weighted by atomic mass is 9.91. The highest BCUT2D eigenvalue weighted by Crippen LogP contribution is 2.36. The zero-order chi connectivity index (χ0) is 13.1. The standard InChI is InChI=1S/C11H14N2O4S/c1-17-8(14)5-12-11-13-9-6(10(15)16)3-2-4-7(9)18-11/h6H,2-5H2,1H3,(H,12,13)(H,15,16). The minimum atomic E-state index is -0.833. The molecule has 7 heteroatoms. The molecule has 2 rings (SSSR count). The molecular formula is C11H14N2O4S. The molecule has 98 valence electrons. The van der Waals surface area contributed by atoms with E-state index < -0.39 is 11.9 Å². The predicted molar refractivity (Wildman–Crippen MR) is 65.9 cm³/mol. The molecule has 0 aliphatic heterocycles. The number of hydrogen-bond donors (Lipinski definition) is 2. The molecule has 1 heterocycles. The Kier molecular flexibility index (Phi) is 3.81. The summed E-state index contributed by atoms with van der Waals surface area (Å²) in [4.78, 5) is 27.4. The van der Waals surface area contributed by atoms with Crippen molar-refractivity contribution < 1.29 is 19.4 Å². The van der Waals surface area contributed by atoms with Crippen LogP contribution < -0.4 is 5.32 Å². The van der Waals surface area contributed by atoms with Crippen molar-refractivity contribution in [3.63, 3.8) is 0 Å². The first-order valence-electron chi connectivity index (χ1n) is 5.65. The molecule has 1 aromatic heterocycles. The van der Waals surface area contributed by atoms with Crippen LogP contribution in [0.25, 0.3) is 0 Å². The summed E-state index contributed by atoms with van der Waals surface area (Å²) in [6.07, 6.45) is 2.35. The van der Waals surface area contributed by atoms with Gasteiger partial charge in [-0.1, -0.05) is 0 Å². The van der Waals surface area contributed by atoms with Crippen molar-refractivity contribution in [2.75, 3.05) is 19.0 Å². The molecule has 18 heavy (non-hydrogen) atoms. The summed E-state index contributed by atoms with van der Waals surface area (Å²) in [6.45, 7) is 0.0423. The van der Waals surface area contributed by atoms with Crippen molar-refractivity contribution in [1.29, 1.82) is 0 Å². The van der Waals surface area contributed by atoms with Gasteiger partial charge in [-0.25, -0.2) is 4.98 Å². The fraction of sp³-hybridized carbons (Fsp3) is 0.545. The second-order valence-corrected chi connectivity index (χ2v) is 5.12. The van der Waals surface area contributed by atoms with Crippen molar-refractivity contribution in [2.45, 2.75) is 25.2 Å². The van der Waals surface area contributed by atoms with Gasteiger partial charge in [0.1, 0.15) is 12.5 Å². The summed E-state index contributed by atoms with van der Waals surface area (Å²) in [6, 6.07) is 0. The highest BCUT2D eigenvalue weighted by Gasteiger charge is 2.29. The number of carboxylic acids is 1. The fourth-order valence-electron chi connectivity index (χ4n) is 1.95. The minimum absolute atomic E-state index is 0.0423. The monoisotopic (exact) mass is 270 g/mol. The maximum Gasteiger partial charge on any atom is 0.325 e. The first-order valence-corrected chi connectivity index (χ1v) is 6.46. The summed E-state index contributed by atoms with van der Waals surface area (Å²) in [5, 5.41) is 12.6. The number of hydrogen-bond acceptors (Lipinski definition) is 6. The van der Waals surface area contributed by atoms with Gasteiger partial charge < -0.3 is 15.2 Å². The molecule has 0 radical (unpaired) electrons. The van der Waals surface area contributed by atoms with Gasteiger partial charge in [-0.3, -0.25) is 9.59 Å². The number of aryl methyl sites for hydroxylation is 1. The number of methoxy groups -OCH3 is 1. The Bertz CT molecular complexity index is 472. The molecule has 1 unspecified atom stereocenters. The Morgan fingerprint density at radius 3 is 3.06 bits per heavy atom. The molecule has 1 atom stereocenters. The maximum absolute atomic E-state index is 11.1. The number of nitrogens with one attached hydrogen (secondary N) is 1. The summed E-state index contributed by atoms with van der Waals surface area (Å²) < 4.78 is 4.51. The van der Waals surface area contributed by atoms with Crippen LogP contribution in [0.15, 0.2) is 0 Å². The fourth-order valence-corrected chi connectivity index (χ4v) is 3.01. The number of aliphatic carboxylic acids is 1. The van der Waals surface area contributed by atoms with Crippen LogP contribution in [0, 0.1) is 0 Å². The normalized spacial score (nSPS) is 17.9. The van der Waals surface area contributed by atoms with E-state index in [1.807, 2.05) is 0 Å². The van der Waals surface area contributed by atoms with Gasteiger partial charge in [0, 0.05) is 4.88 Å². The Morgan fingerprint density at radius 1 is 1.61 bits per heavy atom. The second kappa shape index (κ2) is 5.34. The van der Waals surface area contributed by atoms with Crippen LogP contribution in [-0.2, 0) is 20.7 Å². The van der Waals surface area contributed by atoms with Crippen LogP contribution in [0.4, 0.5) is 5.13 Å². The van der Waals surface area contributed by atoms with Gasteiger partial charge in [-0.05, 0) is 19.3 Å². The Hall–Kier alpha value is -1.63. The number of thiazole rings is 1. The third kappa shape index (κ3) is 2.61. The van der Waals surface area contributed by atoms with E-state index in [4.69, 9.17) is 5.11 Å². The number of aromatic nitrogens is 1. The van der Waals surface area contributed by atoms with Crippen molar-refractivity contribution in [2.24, 2.45) is 0 Å². The Morgan fingerprint density at radius 2 is 2.39 bits per heavy atom. The number of carbonyl (C=O) groups is 2. The molecule has 6 nitrogen and oxygen atoms in total. The van der Waals surface area contributed by atoms with Crippen molar-refractivity contribution in [1.82, 2.24) is 4.98 Å². The highest BCUT2D eigenvalue weighted by atomic mass is 32.1. The number of anilines is 1. The number of nitrogens with zero attached hydrogens (tertiary/aromatic N) is 1. The van der Waals surface area contributed by atoms with Gasteiger partial charge in [0.2, 0.25) is 0 Å². The van der Waals surface area contributed by atoms with E-state index in [9.17, 15) is 9.59 Å². The SMILES string of the molecule is COC(=O)CNc1nc2c(s1)CCCC2C(=O)O. The number of carboxylic acid groups (broad SMARTS) is 1. The van der Waals surface area contributed by atoms with Gasteiger partial charge in [-0.2, -0.15) is 0 Å². The molecule has 0 aromatic carbocycles. The molecule has 0 saturated heterocycles. The van der Waals surface area contributed by atoms with Crippen LogP contribution in [0.1, 0.15) is 29.3 Å². The molecule has 0 saturated carbocycles. The van der Waals surface area contributed by atoms with E-state index in [1.54, 1.807) is 0 Å². The lowest BCUT2D eigenvalue weighted by molar-refractivity contribution is -0.139. The van der Waals surface area contributed by atoms with E-state index in [0.29, 0.717) is 17.2 Å². The molecule has 0 spiro atoms. The quantitative estimate of drug-likeness (QED) is 0.800. The summed E-state index contributed by atoms with van der Waals surface area (Å²) in [5.41, 5.74) is 0.645. The first-order chi connectivity index (χ1) is 8.61. The smallest absolute Gasteiger partial charge is 0.325 e. The number of fused-ring (bicyclic) bond motifs is 1. The Balaban J connectivity index is 2.12. The summed E-state index contributed by atoms with van der Waals surface area (Å²) >= 11 is 1.42. The zero-order valence-corrected chi connectivity index (χ0v) is 10.7. The summed E-state index contributed by atoms with van der Waals surface area (Å²) in [5.74, 6) is -1.72. The average Bonchev–Trinajstić information content (AvgIpc) is 2.77. The molecule has 0 bridgehead atoms. The molecular weight excluding hydrogens is 256 g/mol. The van der Waals surface area contributed by atoms with Gasteiger partial charge in [0.25, 0.3) is 0 Å². The molecule has 1 aliphatic carbocycles. The number of carbonyl (C=O) groups excluding carboxylic acids is 1. The highest BCUT2D eigenvalue weighted by molar-refractivity contribution is 7.15. The number of rotatable bonds is 4. The molecule has 0 amide bonds. The topological polar surface area (TPSA) is 88.5 Å². The largest absolute Gasteiger partial charge is 0.481 e.